The average Bonchev–Trinajstić information content (AvgIpc) is 3.19. The standard InChI is InChI=1S/C14H21N3O2S/c1-9-8-10(2)16-14(15-9)20-7-6-12(13(18)19-3)17-11-4-5-11/h8,11-12,17H,4-7H2,1-3H3. The highest BCUT2D eigenvalue weighted by Gasteiger charge is 2.28. The minimum absolute atomic E-state index is 0.182. The molecule has 1 unspecified atom stereocenters. The highest BCUT2D eigenvalue weighted by atomic mass is 32.2. The molecule has 1 heterocycles. The quantitative estimate of drug-likeness (QED) is 0.471. The van der Waals surface area contributed by atoms with Gasteiger partial charge in [0.1, 0.15) is 6.04 Å². The Labute approximate surface area is 123 Å². The molecular formula is C14H21N3O2S. The smallest absolute Gasteiger partial charge is 0.322 e. The van der Waals surface area contributed by atoms with Crippen molar-refractivity contribution in [2.24, 2.45) is 0 Å². The molecule has 6 heteroatoms. The van der Waals surface area contributed by atoms with Crippen LogP contribution in [0.3, 0.4) is 0 Å². The van der Waals surface area contributed by atoms with Crippen molar-refractivity contribution in [3.63, 3.8) is 0 Å². The summed E-state index contributed by atoms with van der Waals surface area (Å²) >= 11 is 1.58. The average molecular weight is 295 g/mol. The number of carbonyl (C=O) groups is 1. The van der Waals surface area contributed by atoms with Gasteiger partial charge in [-0.15, -0.1) is 0 Å². The molecule has 5 nitrogen and oxygen atoms in total. The van der Waals surface area contributed by atoms with Crippen LogP contribution in [0.5, 0.6) is 0 Å². The molecule has 0 amide bonds. The molecule has 1 aromatic heterocycles. The predicted octanol–water partition coefficient (Wildman–Crippen LogP) is 1.87. The van der Waals surface area contributed by atoms with Gasteiger partial charge in [-0.25, -0.2) is 9.97 Å². The summed E-state index contributed by atoms with van der Waals surface area (Å²) in [4.78, 5) is 20.5. The molecule has 110 valence electrons. The Kier molecular flexibility index (Phi) is 5.37. The number of methoxy groups -OCH3 is 1. The first kappa shape index (κ1) is 15.3. The molecule has 0 aromatic carbocycles. The second kappa shape index (κ2) is 7.04. The second-order valence-electron chi connectivity index (χ2n) is 5.09. The Morgan fingerprint density at radius 3 is 2.65 bits per heavy atom. The summed E-state index contributed by atoms with van der Waals surface area (Å²) in [6, 6.07) is 2.23. The van der Waals surface area contributed by atoms with E-state index in [-0.39, 0.29) is 12.0 Å². The third kappa shape index (κ3) is 4.76. The number of nitrogens with zero attached hydrogens (tertiary/aromatic N) is 2. The van der Waals surface area contributed by atoms with Crippen molar-refractivity contribution in [3.05, 3.63) is 17.5 Å². The van der Waals surface area contributed by atoms with Crippen LogP contribution < -0.4 is 5.32 Å². The maximum absolute atomic E-state index is 11.7. The van der Waals surface area contributed by atoms with Crippen LogP contribution >= 0.6 is 11.8 Å². The van der Waals surface area contributed by atoms with Crippen molar-refractivity contribution in [2.45, 2.75) is 50.4 Å². The van der Waals surface area contributed by atoms with Crippen molar-refractivity contribution < 1.29 is 9.53 Å². The van der Waals surface area contributed by atoms with Gasteiger partial charge in [0.25, 0.3) is 0 Å². The molecule has 0 saturated heterocycles. The van der Waals surface area contributed by atoms with E-state index in [9.17, 15) is 4.79 Å². The zero-order valence-electron chi connectivity index (χ0n) is 12.2. The number of thioether (sulfide) groups is 1. The molecular weight excluding hydrogens is 274 g/mol. The fourth-order valence-electron chi connectivity index (χ4n) is 1.97. The number of hydrogen-bond acceptors (Lipinski definition) is 6. The van der Waals surface area contributed by atoms with Crippen LogP contribution in [0.4, 0.5) is 0 Å². The van der Waals surface area contributed by atoms with Gasteiger partial charge in [0.2, 0.25) is 0 Å². The molecule has 1 atom stereocenters. The number of nitrogens with one attached hydrogen (secondary N) is 1. The van der Waals surface area contributed by atoms with Gasteiger partial charge in [-0.05, 0) is 39.2 Å². The van der Waals surface area contributed by atoms with Gasteiger partial charge in [0, 0.05) is 23.2 Å². The molecule has 20 heavy (non-hydrogen) atoms. The highest BCUT2D eigenvalue weighted by molar-refractivity contribution is 7.99. The van der Waals surface area contributed by atoms with Crippen molar-refractivity contribution >= 4 is 17.7 Å². The first-order valence-corrected chi connectivity index (χ1v) is 7.86. The first-order chi connectivity index (χ1) is 9.58. The Bertz CT molecular complexity index is 457. The number of rotatable bonds is 7. The topological polar surface area (TPSA) is 64.1 Å². The number of aromatic nitrogens is 2. The molecule has 0 radical (unpaired) electrons. The lowest BCUT2D eigenvalue weighted by atomic mass is 10.2. The molecule has 0 spiro atoms. The Morgan fingerprint density at radius 1 is 1.45 bits per heavy atom. The van der Waals surface area contributed by atoms with Crippen LogP contribution in [0, 0.1) is 13.8 Å². The molecule has 1 aliphatic rings. The molecule has 1 saturated carbocycles. The summed E-state index contributed by atoms with van der Waals surface area (Å²) in [5.41, 5.74) is 1.95. The van der Waals surface area contributed by atoms with E-state index in [0.29, 0.717) is 6.04 Å². The van der Waals surface area contributed by atoms with Crippen molar-refractivity contribution in [1.29, 1.82) is 0 Å². The van der Waals surface area contributed by atoms with Gasteiger partial charge in [0.15, 0.2) is 5.16 Å². The number of carbonyl (C=O) groups excluding carboxylic acids is 1. The second-order valence-corrected chi connectivity index (χ2v) is 6.15. The van der Waals surface area contributed by atoms with E-state index in [1.165, 1.54) is 7.11 Å². The normalized spacial score (nSPS) is 15.9. The van der Waals surface area contributed by atoms with Gasteiger partial charge in [0.05, 0.1) is 7.11 Å². The minimum Gasteiger partial charge on any atom is -0.468 e. The molecule has 1 aliphatic carbocycles. The van der Waals surface area contributed by atoms with E-state index in [1.807, 2.05) is 19.9 Å². The van der Waals surface area contributed by atoms with E-state index in [2.05, 4.69) is 15.3 Å². The lowest BCUT2D eigenvalue weighted by Crippen LogP contribution is -2.39. The van der Waals surface area contributed by atoms with Crippen LogP contribution in [0.1, 0.15) is 30.7 Å². The SMILES string of the molecule is COC(=O)C(CCSc1nc(C)cc(C)n1)NC1CC1. The zero-order valence-corrected chi connectivity index (χ0v) is 13.0. The lowest BCUT2D eigenvalue weighted by molar-refractivity contribution is -0.143. The number of ether oxygens (including phenoxy) is 1. The lowest BCUT2D eigenvalue weighted by Gasteiger charge is -2.15. The predicted molar refractivity (Wildman–Crippen MR) is 78.8 cm³/mol. The van der Waals surface area contributed by atoms with E-state index in [4.69, 9.17) is 4.74 Å². The van der Waals surface area contributed by atoms with Gasteiger partial charge < -0.3 is 10.1 Å². The number of aryl methyl sites for hydroxylation is 2. The Hall–Kier alpha value is -1.14. The minimum atomic E-state index is -0.217. The summed E-state index contributed by atoms with van der Waals surface area (Å²) in [6.07, 6.45) is 3.03. The van der Waals surface area contributed by atoms with Crippen LogP contribution in [0.25, 0.3) is 0 Å². The molecule has 0 bridgehead atoms. The molecule has 1 fully saturated rings. The Balaban J connectivity index is 1.83. The first-order valence-electron chi connectivity index (χ1n) is 6.87. The van der Waals surface area contributed by atoms with E-state index in [0.717, 1.165) is 41.6 Å². The summed E-state index contributed by atoms with van der Waals surface area (Å²) in [6.45, 7) is 3.93. The maximum atomic E-state index is 11.7. The third-order valence-electron chi connectivity index (χ3n) is 3.10. The van der Waals surface area contributed by atoms with Crippen LogP contribution in [0.2, 0.25) is 0 Å². The molecule has 0 aliphatic heterocycles. The fourth-order valence-corrected chi connectivity index (χ4v) is 2.93. The summed E-state index contributed by atoms with van der Waals surface area (Å²) in [7, 11) is 1.43. The van der Waals surface area contributed by atoms with E-state index in [1.54, 1.807) is 11.8 Å². The van der Waals surface area contributed by atoms with Gasteiger partial charge in [-0.2, -0.15) is 0 Å². The van der Waals surface area contributed by atoms with Crippen LogP contribution in [-0.2, 0) is 9.53 Å². The van der Waals surface area contributed by atoms with Crippen molar-refractivity contribution in [3.8, 4) is 0 Å². The summed E-state index contributed by atoms with van der Waals surface area (Å²) < 4.78 is 4.84. The molecule has 1 aromatic rings. The van der Waals surface area contributed by atoms with Crippen molar-refractivity contribution in [2.75, 3.05) is 12.9 Å². The molecule has 1 N–H and O–H groups in total. The van der Waals surface area contributed by atoms with Gasteiger partial charge in [-0.3, -0.25) is 4.79 Å². The fraction of sp³-hybridized carbons (Fsp3) is 0.643. The largest absolute Gasteiger partial charge is 0.468 e. The monoisotopic (exact) mass is 295 g/mol. The zero-order chi connectivity index (χ0) is 14.5. The van der Waals surface area contributed by atoms with E-state index < -0.39 is 0 Å². The Morgan fingerprint density at radius 2 is 2.10 bits per heavy atom. The third-order valence-corrected chi connectivity index (χ3v) is 3.98. The van der Waals surface area contributed by atoms with Gasteiger partial charge >= 0.3 is 5.97 Å². The highest BCUT2D eigenvalue weighted by Crippen LogP contribution is 2.22. The number of hydrogen-bond donors (Lipinski definition) is 1. The van der Waals surface area contributed by atoms with Crippen LogP contribution in [0.15, 0.2) is 11.2 Å². The maximum Gasteiger partial charge on any atom is 0.322 e. The van der Waals surface area contributed by atoms with Crippen molar-refractivity contribution in [1.82, 2.24) is 15.3 Å². The molecule has 2 rings (SSSR count). The van der Waals surface area contributed by atoms with E-state index >= 15 is 0 Å². The van der Waals surface area contributed by atoms with Crippen LogP contribution in [-0.4, -0.2) is 40.9 Å². The summed E-state index contributed by atoms with van der Waals surface area (Å²) in [5, 5.41) is 4.10. The number of esters is 1. The summed E-state index contributed by atoms with van der Waals surface area (Å²) in [5.74, 6) is 0.612. The van der Waals surface area contributed by atoms with Gasteiger partial charge in [-0.1, -0.05) is 11.8 Å².